The SMILES string of the molecule is Cn1ccnc1NCc1ccon1. The molecular formula is C8H10N4O. The first-order valence-electron chi connectivity index (χ1n) is 3.97. The maximum absolute atomic E-state index is 4.70. The third-order valence-electron chi connectivity index (χ3n) is 1.74. The highest BCUT2D eigenvalue weighted by Gasteiger charge is 1.99. The third kappa shape index (κ3) is 1.69. The molecule has 0 atom stereocenters. The van der Waals surface area contributed by atoms with E-state index in [9.17, 15) is 0 Å². The number of aryl methyl sites for hydroxylation is 1. The van der Waals surface area contributed by atoms with Crippen molar-refractivity contribution < 1.29 is 4.52 Å². The second-order valence-corrected chi connectivity index (χ2v) is 2.71. The Morgan fingerprint density at radius 1 is 1.62 bits per heavy atom. The molecule has 0 aliphatic rings. The van der Waals surface area contributed by atoms with E-state index in [0.29, 0.717) is 6.54 Å². The summed E-state index contributed by atoms with van der Waals surface area (Å²) in [7, 11) is 1.93. The van der Waals surface area contributed by atoms with Crippen LogP contribution in [0.4, 0.5) is 5.95 Å². The number of hydrogen-bond acceptors (Lipinski definition) is 4. The molecule has 5 nitrogen and oxygen atoms in total. The lowest BCUT2D eigenvalue weighted by molar-refractivity contribution is 0.412. The molecule has 0 saturated carbocycles. The first kappa shape index (κ1) is 7.85. The van der Waals surface area contributed by atoms with E-state index in [0.717, 1.165) is 11.6 Å². The zero-order chi connectivity index (χ0) is 9.10. The summed E-state index contributed by atoms with van der Waals surface area (Å²) in [6, 6.07) is 1.82. The highest BCUT2D eigenvalue weighted by Crippen LogP contribution is 2.03. The van der Waals surface area contributed by atoms with Crippen molar-refractivity contribution in [2.24, 2.45) is 7.05 Å². The largest absolute Gasteiger partial charge is 0.364 e. The predicted octanol–water partition coefficient (Wildman–Crippen LogP) is 1.02. The molecule has 0 spiro atoms. The second-order valence-electron chi connectivity index (χ2n) is 2.71. The van der Waals surface area contributed by atoms with E-state index in [-0.39, 0.29) is 0 Å². The fourth-order valence-electron chi connectivity index (χ4n) is 1.03. The summed E-state index contributed by atoms with van der Waals surface area (Å²) in [6.07, 6.45) is 5.17. The highest BCUT2D eigenvalue weighted by molar-refractivity contribution is 5.26. The molecular weight excluding hydrogens is 168 g/mol. The molecule has 0 aliphatic heterocycles. The summed E-state index contributed by atoms with van der Waals surface area (Å²) < 4.78 is 6.60. The molecule has 1 N–H and O–H groups in total. The van der Waals surface area contributed by atoms with Crippen molar-refractivity contribution in [1.29, 1.82) is 0 Å². The molecule has 0 bridgehead atoms. The van der Waals surface area contributed by atoms with Crippen molar-refractivity contribution in [3.8, 4) is 0 Å². The van der Waals surface area contributed by atoms with Gasteiger partial charge in [0.1, 0.15) is 12.0 Å². The van der Waals surface area contributed by atoms with Crippen LogP contribution in [0.25, 0.3) is 0 Å². The van der Waals surface area contributed by atoms with E-state index in [2.05, 4.69) is 15.5 Å². The van der Waals surface area contributed by atoms with Gasteiger partial charge in [0.25, 0.3) is 0 Å². The summed E-state index contributed by atoms with van der Waals surface area (Å²) in [5.41, 5.74) is 0.864. The molecule has 5 heteroatoms. The van der Waals surface area contributed by atoms with E-state index in [1.807, 2.05) is 23.9 Å². The zero-order valence-electron chi connectivity index (χ0n) is 7.27. The van der Waals surface area contributed by atoms with Gasteiger partial charge in [-0.2, -0.15) is 0 Å². The van der Waals surface area contributed by atoms with Gasteiger partial charge in [0, 0.05) is 25.5 Å². The fourth-order valence-corrected chi connectivity index (χ4v) is 1.03. The van der Waals surface area contributed by atoms with Gasteiger partial charge in [0.05, 0.1) is 6.54 Å². The minimum Gasteiger partial charge on any atom is -0.364 e. The Morgan fingerprint density at radius 2 is 2.54 bits per heavy atom. The molecule has 0 amide bonds. The molecule has 0 unspecified atom stereocenters. The van der Waals surface area contributed by atoms with Gasteiger partial charge in [-0.25, -0.2) is 4.98 Å². The van der Waals surface area contributed by atoms with Crippen molar-refractivity contribution >= 4 is 5.95 Å². The van der Waals surface area contributed by atoms with Crippen LogP contribution in [0.15, 0.2) is 29.2 Å². The molecule has 0 aliphatic carbocycles. The summed E-state index contributed by atoms with van der Waals surface area (Å²) >= 11 is 0. The summed E-state index contributed by atoms with van der Waals surface area (Å²) in [4.78, 5) is 4.11. The van der Waals surface area contributed by atoms with Crippen molar-refractivity contribution in [2.45, 2.75) is 6.54 Å². The minimum absolute atomic E-state index is 0.626. The first-order chi connectivity index (χ1) is 6.36. The van der Waals surface area contributed by atoms with Crippen LogP contribution in [-0.2, 0) is 13.6 Å². The van der Waals surface area contributed by atoms with Gasteiger partial charge < -0.3 is 14.4 Å². The number of rotatable bonds is 3. The van der Waals surface area contributed by atoms with E-state index in [1.54, 1.807) is 12.5 Å². The third-order valence-corrected chi connectivity index (χ3v) is 1.74. The van der Waals surface area contributed by atoms with E-state index in [1.165, 1.54) is 0 Å². The van der Waals surface area contributed by atoms with Gasteiger partial charge >= 0.3 is 0 Å². The number of nitrogens with zero attached hydrogens (tertiary/aromatic N) is 3. The number of anilines is 1. The number of aromatic nitrogens is 3. The van der Waals surface area contributed by atoms with Gasteiger partial charge in [-0.05, 0) is 0 Å². The number of nitrogens with one attached hydrogen (secondary N) is 1. The quantitative estimate of drug-likeness (QED) is 0.762. The van der Waals surface area contributed by atoms with Gasteiger partial charge in [-0.3, -0.25) is 0 Å². The molecule has 2 rings (SSSR count). The monoisotopic (exact) mass is 178 g/mol. The van der Waals surface area contributed by atoms with Crippen LogP contribution >= 0.6 is 0 Å². The lowest BCUT2D eigenvalue weighted by Crippen LogP contribution is -2.04. The summed E-state index contributed by atoms with van der Waals surface area (Å²) in [5, 5.41) is 6.90. The van der Waals surface area contributed by atoms with Gasteiger partial charge in [0.15, 0.2) is 0 Å². The van der Waals surface area contributed by atoms with Crippen LogP contribution in [0.5, 0.6) is 0 Å². The Balaban J connectivity index is 1.97. The van der Waals surface area contributed by atoms with Crippen molar-refractivity contribution in [2.75, 3.05) is 5.32 Å². The van der Waals surface area contributed by atoms with Crippen molar-refractivity contribution in [3.05, 3.63) is 30.4 Å². The van der Waals surface area contributed by atoms with Crippen molar-refractivity contribution in [1.82, 2.24) is 14.7 Å². The summed E-state index contributed by atoms with van der Waals surface area (Å²) in [5.74, 6) is 0.822. The molecule has 13 heavy (non-hydrogen) atoms. The molecule has 0 radical (unpaired) electrons. The number of hydrogen-bond donors (Lipinski definition) is 1. The van der Waals surface area contributed by atoms with Gasteiger partial charge in [-0.15, -0.1) is 0 Å². The molecule has 2 aromatic heterocycles. The highest BCUT2D eigenvalue weighted by atomic mass is 16.5. The Hall–Kier alpha value is -1.78. The van der Waals surface area contributed by atoms with Crippen molar-refractivity contribution in [3.63, 3.8) is 0 Å². The topological polar surface area (TPSA) is 55.9 Å². The normalized spacial score (nSPS) is 10.2. The van der Waals surface area contributed by atoms with E-state index < -0.39 is 0 Å². The summed E-state index contributed by atoms with van der Waals surface area (Å²) in [6.45, 7) is 0.626. The standard InChI is InChI=1S/C8H10N4O/c1-12-4-3-9-8(12)10-6-7-2-5-13-11-7/h2-5H,6H2,1H3,(H,9,10). The Bertz CT molecular complexity index is 365. The maximum Gasteiger partial charge on any atom is 0.202 e. The van der Waals surface area contributed by atoms with Crippen LogP contribution in [0, 0.1) is 0 Å². The van der Waals surface area contributed by atoms with Crippen LogP contribution < -0.4 is 5.32 Å². The van der Waals surface area contributed by atoms with E-state index in [4.69, 9.17) is 4.52 Å². The molecule has 0 saturated heterocycles. The fraction of sp³-hybridized carbons (Fsp3) is 0.250. The number of imidazole rings is 1. The molecule has 0 aromatic carbocycles. The lowest BCUT2D eigenvalue weighted by Gasteiger charge is -2.02. The van der Waals surface area contributed by atoms with Crippen LogP contribution in [0.1, 0.15) is 5.69 Å². The Kier molecular flexibility index (Phi) is 1.99. The molecule has 2 aromatic rings. The smallest absolute Gasteiger partial charge is 0.202 e. The Labute approximate surface area is 75.4 Å². The average molecular weight is 178 g/mol. The minimum atomic E-state index is 0.626. The van der Waals surface area contributed by atoms with Crippen LogP contribution in [0.2, 0.25) is 0 Å². The van der Waals surface area contributed by atoms with Gasteiger partial charge in [0.2, 0.25) is 5.95 Å². The molecule has 0 fully saturated rings. The van der Waals surface area contributed by atoms with Gasteiger partial charge in [-0.1, -0.05) is 5.16 Å². The molecule has 2 heterocycles. The predicted molar refractivity (Wildman–Crippen MR) is 47.0 cm³/mol. The van der Waals surface area contributed by atoms with E-state index >= 15 is 0 Å². The maximum atomic E-state index is 4.70. The average Bonchev–Trinajstić information content (AvgIpc) is 2.72. The zero-order valence-corrected chi connectivity index (χ0v) is 7.27. The first-order valence-corrected chi connectivity index (χ1v) is 3.97. The lowest BCUT2D eigenvalue weighted by atomic mass is 10.4. The van der Waals surface area contributed by atoms with Crippen LogP contribution in [-0.4, -0.2) is 14.7 Å². The second kappa shape index (κ2) is 3.30. The van der Waals surface area contributed by atoms with Crippen LogP contribution in [0.3, 0.4) is 0 Å². The molecule has 68 valence electrons. The Morgan fingerprint density at radius 3 is 3.15 bits per heavy atom.